The van der Waals surface area contributed by atoms with E-state index in [1.165, 1.54) is 24.8 Å². The predicted octanol–water partition coefficient (Wildman–Crippen LogP) is 2.32. The maximum absolute atomic E-state index is 10.5. The molecule has 0 unspecified atom stereocenters. The first kappa shape index (κ1) is 7.08. The molecule has 1 nitrogen and oxygen atoms in total. The summed E-state index contributed by atoms with van der Waals surface area (Å²) in [7, 11) is 0. The van der Waals surface area contributed by atoms with Gasteiger partial charge in [0, 0.05) is 11.3 Å². The van der Waals surface area contributed by atoms with Crippen LogP contribution in [0, 0.1) is 11.3 Å². The van der Waals surface area contributed by atoms with Gasteiger partial charge in [-0.25, -0.2) is 0 Å². The van der Waals surface area contributed by atoms with Gasteiger partial charge in [0.25, 0.3) is 0 Å². The van der Waals surface area contributed by atoms with Crippen molar-refractivity contribution in [3.63, 3.8) is 0 Å². The maximum atomic E-state index is 10.5. The second kappa shape index (κ2) is 2.20. The minimum atomic E-state index is 0.292. The molecule has 0 N–H and O–H groups in total. The van der Waals surface area contributed by atoms with Gasteiger partial charge in [-0.1, -0.05) is 18.6 Å². The SMILES string of the molecule is C=C1CCCC[C@@]12C[C@@H]2C=O. The van der Waals surface area contributed by atoms with E-state index in [1.807, 2.05) is 0 Å². The number of carbonyl (C=O) groups excluding carboxylic acids is 1. The number of hydrogen-bond acceptors (Lipinski definition) is 1. The first-order chi connectivity index (χ1) is 5.29. The van der Waals surface area contributed by atoms with Crippen LogP contribution in [0.3, 0.4) is 0 Å². The number of hydrogen-bond donors (Lipinski definition) is 0. The zero-order chi connectivity index (χ0) is 7.90. The van der Waals surface area contributed by atoms with E-state index >= 15 is 0 Å². The summed E-state index contributed by atoms with van der Waals surface area (Å²) in [6, 6.07) is 0. The van der Waals surface area contributed by atoms with Gasteiger partial charge in [0.1, 0.15) is 6.29 Å². The summed E-state index contributed by atoms with van der Waals surface area (Å²) < 4.78 is 0. The van der Waals surface area contributed by atoms with Crippen LogP contribution in [0.15, 0.2) is 12.2 Å². The summed E-state index contributed by atoms with van der Waals surface area (Å²) in [5.74, 6) is 0.329. The molecule has 2 rings (SSSR count). The van der Waals surface area contributed by atoms with Gasteiger partial charge in [0.2, 0.25) is 0 Å². The second-order valence-electron chi connectivity index (χ2n) is 3.91. The first-order valence-electron chi connectivity index (χ1n) is 4.43. The third-order valence-electron chi connectivity index (χ3n) is 3.35. The molecular weight excluding hydrogens is 136 g/mol. The fourth-order valence-corrected chi connectivity index (χ4v) is 2.41. The molecule has 2 saturated carbocycles. The quantitative estimate of drug-likeness (QED) is 0.414. The van der Waals surface area contributed by atoms with Crippen molar-refractivity contribution in [2.45, 2.75) is 32.1 Å². The monoisotopic (exact) mass is 150 g/mol. The van der Waals surface area contributed by atoms with Gasteiger partial charge in [-0.15, -0.1) is 0 Å². The van der Waals surface area contributed by atoms with Gasteiger partial charge in [-0.2, -0.15) is 0 Å². The summed E-state index contributed by atoms with van der Waals surface area (Å²) >= 11 is 0. The highest BCUT2D eigenvalue weighted by Gasteiger charge is 2.55. The van der Waals surface area contributed by atoms with E-state index in [9.17, 15) is 4.79 Å². The molecule has 2 aliphatic rings. The molecule has 0 heterocycles. The Kier molecular flexibility index (Phi) is 1.41. The summed E-state index contributed by atoms with van der Waals surface area (Å²) in [5, 5.41) is 0. The Bertz CT molecular complexity index is 207. The van der Waals surface area contributed by atoms with Crippen molar-refractivity contribution >= 4 is 6.29 Å². The molecular formula is C10H14O. The lowest BCUT2D eigenvalue weighted by Crippen LogP contribution is -2.12. The Balaban J connectivity index is 2.13. The lowest BCUT2D eigenvalue weighted by atomic mass is 9.81. The number of allylic oxidation sites excluding steroid dienone is 1. The van der Waals surface area contributed by atoms with Crippen LogP contribution in [0.1, 0.15) is 32.1 Å². The molecule has 11 heavy (non-hydrogen) atoms. The Hall–Kier alpha value is -0.590. The average Bonchev–Trinajstić information content (AvgIpc) is 2.72. The molecule has 0 radical (unpaired) electrons. The second-order valence-corrected chi connectivity index (χ2v) is 3.91. The van der Waals surface area contributed by atoms with E-state index in [2.05, 4.69) is 6.58 Å². The van der Waals surface area contributed by atoms with E-state index in [-0.39, 0.29) is 0 Å². The summed E-state index contributed by atoms with van der Waals surface area (Å²) in [6.45, 7) is 4.07. The maximum Gasteiger partial charge on any atom is 0.123 e. The van der Waals surface area contributed by atoms with Gasteiger partial charge < -0.3 is 4.79 Å². The summed E-state index contributed by atoms with van der Waals surface area (Å²) in [5.41, 5.74) is 1.64. The molecule has 2 fully saturated rings. The molecule has 1 spiro atoms. The average molecular weight is 150 g/mol. The normalized spacial score (nSPS) is 42.5. The number of carbonyl (C=O) groups is 1. The van der Waals surface area contributed by atoms with Crippen molar-refractivity contribution in [2.75, 3.05) is 0 Å². The van der Waals surface area contributed by atoms with Crippen LogP contribution in [-0.2, 0) is 4.79 Å². The number of rotatable bonds is 1. The number of aldehydes is 1. The largest absolute Gasteiger partial charge is 0.303 e. The zero-order valence-corrected chi connectivity index (χ0v) is 6.81. The topological polar surface area (TPSA) is 17.1 Å². The van der Waals surface area contributed by atoms with Crippen molar-refractivity contribution in [1.29, 1.82) is 0 Å². The molecule has 0 bridgehead atoms. The van der Waals surface area contributed by atoms with Gasteiger partial charge >= 0.3 is 0 Å². The molecule has 0 amide bonds. The highest BCUT2D eigenvalue weighted by atomic mass is 16.1. The molecule has 0 saturated heterocycles. The van der Waals surface area contributed by atoms with Crippen molar-refractivity contribution in [3.8, 4) is 0 Å². The summed E-state index contributed by atoms with van der Waals surface area (Å²) in [4.78, 5) is 10.5. The van der Waals surface area contributed by atoms with E-state index < -0.39 is 0 Å². The fraction of sp³-hybridized carbons (Fsp3) is 0.700. The molecule has 1 heteroatoms. The molecule has 0 aromatic heterocycles. The zero-order valence-electron chi connectivity index (χ0n) is 6.81. The Morgan fingerprint density at radius 3 is 2.91 bits per heavy atom. The van der Waals surface area contributed by atoms with Crippen LogP contribution in [0.25, 0.3) is 0 Å². The van der Waals surface area contributed by atoms with Crippen molar-refractivity contribution in [3.05, 3.63) is 12.2 Å². The van der Waals surface area contributed by atoms with Gasteiger partial charge in [0.15, 0.2) is 0 Å². The highest BCUT2D eigenvalue weighted by molar-refractivity contribution is 5.62. The van der Waals surface area contributed by atoms with Crippen LogP contribution in [-0.4, -0.2) is 6.29 Å². The van der Waals surface area contributed by atoms with Crippen LogP contribution < -0.4 is 0 Å². The van der Waals surface area contributed by atoms with E-state index in [0.717, 1.165) is 19.1 Å². The Morgan fingerprint density at radius 1 is 1.55 bits per heavy atom. The highest BCUT2D eigenvalue weighted by Crippen LogP contribution is 2.62. The fourth-order valence-electron chi connectivity index (χ4n) is 2.41. The lowest BCUT2D eigenvalue weighted by Gasteiger charge is -2.24. The van der Waals surface area contributed by atoms with Crippen molar-refractivity contribution < 1.29 is 4.79 Å². The summed E-state index contributed by atoms with van der Waals surface area (Å²) in [6.07, 6.45) is 7.17. The van der Waals surface area contributed by atoms with E-state index in [0.29, 0.717) is 11.3 Å². The minimum Gasteiger partial charge on any atom is -0.303 e. The molecule has 0 aliphatic heterocycles. The molecule has 0 aromatic carbocycles. The molecule has 0 aromatic rings. The Morgan fingerprint density at radius 2 is 2.36 bits per heavy atom. The smallest absolute Gasteiger partial charge is 0.123 e. The predicted molar refractivity (Wildman–Crippen MR) is 44.2 cm³/mol. The van der Waals surface area contributed by atoms with Gasteiger partial charge in [-0.05, 0) is 25.7 Å². The third-order valence-corrected chi connectivity index (χ3v) is 3.35. The molecule has 60 valence electrons. The van der Waals surface area contributed by atoms with Crippen molar-refractivity contribution in [1.82, 2.24) is 0 Å². The van der Waals surface area contributed by atoms with Gasteiger partial charge in [0.05, 0.1) is 0 Å². The standard InChI is InChI=1S/C10H14O/c1-8-4-2-3-5-10(8)6-9(10)7-11/h7,9H,1-6H2/t9-,10-/m1/s1. The lowest BCUT2D eigenvalue weighted by molar-refractivity contribution is -0.109. The van der Waals surface area contributed by atoms with Crippen LogP contribution >= 0.6 is 0 Å². The first-order valence-corrected chi connectivity index (χ1v) is 4.43. The van der Waals surface area contributed by atoms with E-state index in [4.69, 9.17) is 0 Å². The Labute approximate surface area is 67.5 Å². The van der Waals surface area contributed by atoms with Gasteiger partial charge in [-0.3, -0.25) is 0 Å². The third kappa shape index (κ3) is 0.867. The van der Waals surface area contributed by atoms with Crippen molar-refractivity contribution in [2.24, 2.45) is 11.3 Å². The minimum absolute atomic E-state index is 0.292. The van der Waals surface area contributed by atoms with E-state index in [1.54, 1.807) is 0 Å². The van der Waals surface area contributed by atoms with Crippen LogP contribution in [0.4, 0.5) is 0 Å². The molecule has 2 aliphatic carbocycles. The van der Waals surface area contributed by atoms with Crippen LogP contribution in [0.2, 0.25) is 0 Å². The molecule has 2 atom stereocenters. The van der Waals surface area contributed by atoms with Crippen LogP contribution in [0.5, 0.6) is 0 Å².